The fourth-order valence-electron chi connectivity index (χ4n) is 2.17. The molecule has 1 aromatic rings. The highest BCUT2D eigenvalue weighted by molar-refractivity contribution is 5.85. The van der Waals surface area contributed by atoms with Gasteiger partial charge in [-0.3, -0.25) is 4.79 Å². The summed E-state index contributed by atoms with van der Waals surface area (Å²) >= 11 is 0. The van der Waals surface area contributed by atoms with E-state index < -0.39 is 0 Å². The Labute approximate surface area is 119 Å². The van der Waals surface area contributed by atoms with Gasteiger partial charge in [0.1, 0.15) is 5.82 Å². The van der Waals surface area contributed by atoms with Crippen molar-refractivity contribution in [2.75, 3.05) is 13.1 Å². The molecule has 1 aromatic carbocycles. The van der Waals surface area contributed by atoms with Gasteiger partial charge >= 0.3 is 0 Å². The normalized spacial score (nSPS) is 19.6. The maximum Gasteiger partial charge on any atom is 0.224 e. The molecular weight excluding hydrogens is 267 g/mol. The van der Waals surface area contributed by atoms with Crippen LogP contribution in [0.4, 0.5) is 4.39 Å². The first-order valence-electron chi connectivity index (χ1n) is 6.35. The topological polar surface area (TPSA) is 41.1 Å². The van der Waals surface area contributed by atoms with E-state index in [-0.39, 0.29) is 36.1 Å². The van der Waals surface area contributed by atoms with Crippen LogP contribution in [0.1, 0.15) is 30.5 Å². The van der Waals surface area contributed by atoms with Gasteiger partial charge in [-0.1, -0.05) is 12.1 Å². The Morgan fingerprint density at radius 3 is 2.84 bits per heavy atom. The third kappa shape index (κ3) is 3.91. The lowest BCUT2D eigenvalue weighted by molar-refractivity contribution is -0.125. The predicted molar refractivity (Wildman–Crippen MR) is 75.9 cm³/mol. The predicted octanol–water partition coefficient (Wildman–Crippen LogP) is 2.34. The Morgan fingerprint density at radius 2 is 2.26 bits per heavy atom. The molecule has 106 valence electrons. The molecule has 0 aromatic heterocycles. The molecule has 1 heterocycles. The van der Waals surface area contributed by atoms with E-state index in [0.29, 0.717) is 5.56 Å². The minimum atomic E-state index is -0.226. The van der Waals surface area contributed by atoms with Crippen LogP contribution >= 0.6 is 12.4 Å². The molecule has 2 N–H and O–H groups in total. The van der Waals surface area contributed by atoms with Gasteiger partial charge in [0.2, 0.25) is 5.91 Å². The van der Waals surface area contributed by atoms with Crippen molar-refractivity contribution in [2.45, 2.75) is 26.3 Å². The van der Waals surface area contributed by atoms with Gasteiger partial charge in [0.05, 0.1) is 12.0 Å². The minimum Gasteiger partial charge on any atom is -0.349 e. The summed E-state index contributed by atoms with van der Waals surface area (Å²) in [5.74, 6) is -0.132. The van der Waals surface area contributed by atoms with Crippen LogP contribution in [-0.2, 0) is 4.79 Å². The van der Waals surface area contributed by atoms with E-state index in [1.54, 1.807) is 13.0 Å². The van der Waals surface area contributed by atoms with Crippen molar-refractivity contribution in [2.24, 2.45) is 5.92 Å². The second-order valence-electron chi connectivity index (χ2n) is 4.93. The highest BCUT2D eigenvalue weighted by atomic mass is 35.5. The van der Waals surface area contributed by atoms with Gasteiger partial charge in [-0.25, -0.2) is 4.39 Å². The average molecular weight is 287 g/mol. The van der Waals surface area contributed by atoms with Crippen LogP contribution in [0.3, 0.4) is 0 Å². The molecule has 0 spiro atoms. The first-order valence-corrected chi connectivity index (χ1v) is 6.35. The third-order valence-corrected chi connectivity index (χ3v) is 3.49. The summed E-state index contributed by atoms with van der Waals surface area (Å²) in [7, 11) is 0. The first-order chi connectivity index (χ1) is 8.58. The molecular formula is C14H20ClFN2O. The van der Waals surface area contributed by atoms with E-state index in [1.807, 2.05) is 13.0 Å². The fraction of sp³-hybridized carbons (Fsp3) is 0.500. The Bertz CT molecular complexity index is 447. The number of nitrogens with one attached hydrogen (secondary N) is 2. The number of carbonyl (C=O) groups excluding carboxylic acids is 1. The minimum absolute atomic E-state index is 0. The number of benzene rings is 1. The largest absolute Gasteiger partial charge is 0.349 e. The zero-order valence-corrected chi connectivity index (χ0v) is 12.0. The molecule has 3 nitrogen and oxygen atoms in total. The quantitative estimate of drug-likeness (QED) is 0.895. The summed E-state index contributed by atoms with van der Waals surface area (Å²) in [5, 5.41) is 6.10. The fourth-order valence-corrected chi connectivity index (χ4v) is 2.17. The number of halogens is 2. The molecule has 1 fully saturated rings. The molecule has 1 amide bonds. The van der Waals surface area contributed by atoms with Crippen molar-refractivity contribution >= 4 is 18.3 Å². The average Bonchev–Trinajstić information content (AvgIpc) is 2.86. The SMILES string of the molecule is Cc1ccc(C(C)NC(=O)C2CCNC2)cc1F.Cl. The molecule has 0 aliphatic carbocycles. The third-order valence-electron chi connectivity index (χ3n) is 3.49. The number of aryl methyl sites for hydroxylation is 1. The molecule has 2 atom stereocenters. The van der Waals surface area contributed by atoms with Crippen molar-refractivity contribution in [1.82, 2.24) is 10.6 Å². The van der Waals surface area contributed by atoms with Crippen molar-refractivity contribution in [1.29, 1.82) is 0 Å². The van der Waals surface area contributed by atoms with Gasteiger partial charge in [-0.2, -0.15) is 0 Å². The summed E-state index contributed by atoms with van der Waals surface area (Å²) in [5.41, 5.74) is 1.43. The van der Waals surface area contributed by atoms with E-state index in [9.17, 15) is 9.18 Å². The zero-order valence-electron chi connectivity index (χ0n) is 11.2. The molecule has 2 unspecified atom stereocenters. The summed E-state index contributed by atoms with van der Waals surface area (Å²) in [6, 6.07) is 4.93. The van der Waals surface area contributed by atoms with Crippen molar-refractivity contribution in [3.8, 4) is 0 Å². The Kier molecular flexibility index (Phi) is 5.76. The lowest BCUT2D eigenvalue weighted by atomic mass is 10.0. The maximum atomic E-state index is 13.5. The van der Waals surface area contributed by atoms with Crippen LogP contribution in [-0.4, -0.2) is 19.0 Å². The second-order valence-corrected chi connectivity index (χ2v) is 4.93. The van der Waals surface area contributed by atoms with Gasteiger partial charge in [-0.05, 0) is 44.0 Å². The zero-order chi connectivity index (χ0) is 13.1. The van der Waals surface area contributed by atoms with E-state index in [4.69, 9.17) is 0 Å². The van der Waals surface area contributed by atoms with Gasteiger partial charge in [0.15, 0.2) is 0 Å². The number of hydrogen-bond donors (Lipinski definition) is 2. The number of hydrogen-bond acceptors (Lipinski definition) is 2. The molecule has 2 rings (SSSR count). The van der Waals surface area contributed by atoms with Gasteiger partial charge in [0.25, 0.3) is 0 Å². The van der Waals surface area contributed by atoms with E-state index in [2.05, 4.69) is 10.6 Å². The Balaban J connectivity index is 0.00000180. The molecule has 0 radical (unpaired) electrons. The van der Waals surface area contributed by atoms with Crippen LogP contribution in [0, 0.1) is 18.7 Å². The standard InChI is InChI=1S/C14H19FN2O.ClH/c1-9-3-4-11(7-13(9)15)10(2)17-14(18)12-5-6-16-8-12;/h3-4,7,10,12,16H,5-6,8H2,1-2H3,(H,17,18);1H. The van der Waals surface area contributed by atoms with Crippen molar-refractivity contribution in [3.05, 3.63) is 35.1 Å². The smallest absolute Gasteiger partial charge is 0.224 e. The van der Waals surface area contributed by atoms with Gasteiger partial charge in [0, 0.05) is 6.54 Å². The van der Waals surface area contributed by atoms with Gasteiger partial charge in [-0.15, -0.1) is 12.4 Å². The van der Waals surface area contributed by atoms with E-state index >= 15 is 0 Å². The number of carbonyl (C=O) groups is 1. The lowest BCUT2D eigenvalue weighted by Gasteiger charge is -2.17. The Hall–Kier alpha value is -1.13. The number of rotatable bonds is 3. The molecule has 5 heteroatoms. The van der Waals surface area contributed by atoms with E-state index in [1.165, 1.54) is 6.07 Å². The van der Waals surface area contributed by atoms with Crippen molar-refractivity contribution < 1.29 is 9.18 Å². The van der Waals surface area contributed by atoms with E-state index in [0.717, 1.165) is 25.1 Å². The lowest BCUT2D eigenvalue weighted by Crippen LogP contribution is -2.33. The Morgan fingerprint density at radius 1 is 1.53 bits per heavy atom. The highest BCUT2D eigenvalue weighted by Gasteiger charge is 2.23. The summed E-state index contributed by atoms with van der Waals surface area (Å²) in [6.07, 6.45) is 0.876. The number of amides is 1. The van der Waals surface area contributed by atoms with Crippen LogP contribution in [0.5, 0.6) is 0 Å². The molecule has 0 saturated carbocycles. The summed E-state index contributed by atoms with van der Waals surface area (Å²) < 4.78 is 13.5. The molecule has 1 aliphatic heterocycles. The van der Waals surface area contributed by atoms with Crippen LogP contribution < -0.4 is 10.6 Å². The maximum absolute atomic E-state index is 13.5. The highest BCUT2D eigenvalue weighted by Crippen LogP contribution is 2.17. The van der Waals surface area contributed by atoms with Crippen LogP contribution in [0.15, 0.2) is 18.2 Å². The van der Waals surface area contributed by atoms with Crippen LogP contribution in [0.25, 0.3) is 0 Å². The monoisotopic (exact) mass is 286 g/mol. The summed E-state index contributed by atoms with van der Waals surface area (Å²) in [4.78, 5) is 11.9. The first kappa shape index (κ1) is 15.9. The molecule has 19 heavy (non-hydrogen) atoms. The molecule has 1 saturated heterocycles. The van der Waals surface area contributed by atoms with Gasteiger partial charge < -0.3 is 10.6 Å². The molecule has 0 bridgehead atoms. The van der Waals surface area contributed by atoms with Crippen LogP contribution in [0.2, 0.25) is 0 Å². The summed E-state index contributed by atoms with van der Waals surface area (Å²) in [6.45, 7) is 5.24. The van der Waals surface area contributed by atoms with Crippen molar-refractivity contribution in [3.63, 3.8) is 0 Å². The second kappa shape index (κ2) is 6.87. The molecule has 1 aliphatic rings.